The Kier molecular flexibility index (Phi) is 2.75. The number of carbonyl (C=O) groups excluding carboxylic acids is 2. The van der Waals surface area contributed by atoms with E-state index in [4.69, 9.17) is 4.74 Å². The molecule has 0 unspecified atom stereocenters. The number of rotatable bonds is 2. The van der Waals surface area contributed by atoms with Crippen LogP contribution in [0.5, 0.6) is 0 Å². The third-order valence-corrected chi connectivity index (χ3v) is 4.61. The SMILES string of the molecule is C[Si](C)(C)C1=C(c2ccccc2)C(=O)OC1=O. The van der Waals surface area contributed by atoms with Gasteiger partial charge in [0.1, 0.15) is 0 Å². The lowest BCUT2D eigenvalue weighted by molar-refractivity contribution is -0.149. The van der Waals surface area contributed by atoms with Crippen LogP contribution in [0.1, 0.15) is 5.56 Å². The van der Waals surface area contributed by atoms with Crippen molar-refractivity contribution in [3.8, 4) is 0 Å². The van der Waals surface area contributed by atoms with E-state index in [1.807, 2.05) is 50.0 Å². The Morgan fingerprint density at radius 2 is 1.53 bits per heavy atom. The Balaban J connectivity index is 2.65. The molecule has 0 aromatic heterocycles. The molecule has 0 radical (unpaired) electrons. The average molecular weight is 246 g/mol. The van der Waals surface area contributed by atoms with Crippen LogP contribution >= 0.6 is 0 Å². The zero-order valence-electron chi connectivity index (χ0n) is 10.1. The highest BCUT2D eigenvalue weighted by Crippen LogP contribution is 2.32. The smallest absolute Gasteiger partial charge is 0.346 e. The van der Waals surface area contributed by atoms with Crippen molar-refractivity contribution in [2.45, 2.75) is 19.6 Å². The Labute approximate surface area is 101 Å². The van der Waals surface area contributed by atoms with Crippen LogP contribution < -0.4 is 0 Å². The third-order valence-electron chi connectivity index (χ3n) is 2.66. The predicted octanol–water partition coefficient (Wildman–Crippen LogP) is 2.40. The zero-order valence-corrected chi connectivity index (χ0v) is 11.1. The first kappa shape index (κ1) is 11.8. The molecular formula is C13H14O3Si. The fourth-order valence-electron chi connectivity index (χ4n) is 1.94. The van der Waals surface area contributed by atoms with Gasteiger partial charge >= 0.3 is 11.9 Å². The van der Waals surface area contributed by atoms with E-state index in [1.165, 1.54) is 0 Å². The number of carbonyl (C=O) groups is 2. The normalized spacial score (nSPS) is 16.4. The van der Waals surface area contributed by atoms with Crippen molar-refractivity contribution in [3.05, 3.63) is 41.1 Å². The monoisotopic (exact) mass is 246 g/mol. The molecule has 1 aromatic carbocycles. The van der Waals surface area contributed by atoms with Crippen LogP contribution in [0.25, 0.3) is 5.57 Å². The molecule has 0 spiro atoms. The number of hydrogen-bond acceptors (Lipinski definition) is 3. The molecular weight excluding hydrogens is 232 g/mol. The summed E-state index contributed by atoms with van der Waals surface area (Å²) < 4.78 is 4.75. The molecule has 1 aliphatic rings. The van der Waals surface area contributed by atoms with E-state index in [1.54, 1.807) is 0 Å². The quantitative estimate of drug-likeness (QED) is 0.457. The fraction of sp³-hybridized carbons (Fsp3) is 0.231. The molecule has 4 heteroatoms. The van der Waals surface area contributed by atoms with Gasteiger partial charge in [-0.1, -0.05) is 50.0 Å². The maximum Gasteiger partial charge on any atom is 0.346 e. The molecule has 0 saturated heterocycles. The second kappa shape index (κ2) is 3.96. The molecule has 17 heavy (non-hydrogen) atoms. The van der Waals surface area contributed by atoms with E-state index in [0.29, 0.717) is 10.8 Å². The van der Waals surface area contributed by atoms with Crippen molar-refractivity contribution in [3.63, 3.8) is 0 Å². The van der Waals surface area contributed by atoms with E-state index in [-0.39, 0.29) is 0 Å². The van der Waals surface area contributed by atoms with Crippen LogP contribution in [0, 0.1) is 0 Å². The average Bonchev–Trinajstić information content (AvgIpc) is 2.54. The molecule has 3 nitrogen and oxygen atoms in total. The minimum atomic E-state index is -1.89. The molecule has 0 saturated carbocycles. The summed E-state index contributed by atoms with van der Waals surface area (Å²) in [6.45, 7) is 6.10. The first-order chi connectivity index (χ1) is 7.91. The Morgan fingerprint density at radius 1 is 0.941 bits per heavy atom. The van der Waals surface area contributed by atoms with E-state index < -0.39 is 20.0 Å². The number of cyclic esters (lactones) is 2. The second-order valence-corrected chi connectivity index (χ2v) is 10.0. The molecule has 0 fully saturated rings. The van der Waals surface area contributed by atoms with Crippen LogP contribution in [-0.2, 0) is 14.3 Å². The van der Waals surface area contributed by atoms with Gasteiger partial charge in [-0.3, -0.25) is 0 Å². The van der Waals surface area contributed by atoms with Crippen LogP contribution in [0.4, 0.5) is 0 Å². The van der Waals surface area contributed by atoms with Crippen molar-refractivity contribution in [2.75, 3.05) is 0 Å². The molecule has 1 aliphatic heterocycles. The summed E-state index contributed by atoms with van der Waals surface area (Å²) in [5, 5.41) is 0.591. The zero-order chi connectivity index (χ0) is 12.6. The van der Waals surface area contributed by atoms with Gasteiger partial charge in [0.05, 0.1) is 13.6 Å². The first-order valence-electron chi connectivity index (χ1n) is 5.48. The van der Waals surface area contributed by atoms with E-state index in [0.717, 1.165) is 5.56 Å². The van der Waals surface area contributed by atoms with Crippen molar-refractivity contribution >= 4 is 25.6 Å². The Morgan fingerprint density at radius 3 is 2.06 bits per heavy atom. The van der Waals surface area contributed by atoms with Gasteiger partial charge in [-0.2, -0.15) is 0 Å². The van der Waals surface area contributed by atoms with E-state index in [9.17, 15) is 9.59 Å². The summed E-state index contributed by atoms with van der Waals surface area (Å²) in [6, 6.07) is 9.23. The predicted molar refractivity (Wildman–Crippen MR) is 67.8 cm³/mol. The molecule has 0 bridgehead atoms. The van der Waals surface area contributed by atoms with Crippen LogP contribution in [0.3, 0.4) is 0 Å². The largest absolute Gasteiger partial charge is 0.386 e. The number of hydrogen-bond donors (Lipinski definition) is 0. The molecule has 0 aliphatic carbocycles. The van der Waals surface area contributed by atoms with Gasteiger partial charge < -0.3 is 4.74 Å². The maximum atomic E-state index is 11.8. The standard InChI is InChI=1S/C13H14O3Si/c1-17(2,3)11-10(12(14)16-13(11)15)9-7-5-4-6-8-9/h4-8H,1-3H3. The minimum absolute atomic E-state index is 0.453. The van der Waals surface area contributed by atoms with Crippen LogP contribution in [-0.4, -0.2) is 20.0 Å². The van der Waals surface area contributed by atoms with Gasteiger partial charge in [-0.25, -0.2) is 9.59 Å². The summed E-state index contributed by atoms with van der Waals surface area (Å²) in [4.78, 5) is 23.5. The van der Waals surface area contributed by atoms with Crippen molar-refractivity contribution in [1.82, 2.24) is 0 Å². The molecule has 88 valence electrons. The summed E-state index contributed by atoms with van der Waals surface area (Å²) in [5.74, 6) is -0.980. The molecule has 1 heterocycles. The lowest BCUT2D eigenvalue weighted by Gasteiger charge is -2.15. The van der Waals surface area contributed by atoms with Gasteiger partial charge in [-0.15, -0.1) is 0 Å². The van der Waals surface area contributed by atoms with E-state index >= 15 is 0 Å². The highest BCUT2D eigenvalue weighted by Gasteiger charge is 2.40. The Hall–Kier alpha value is -1.68. The molecule has 0 N–H and O–H groups in total. The number of ether oxygens (including phenoxy) is 1. The van der Waals surface area contributed by atoms with Gasteiger partial charge in [0.15, 0.2) is 0 Å². The lowest BCUT2D eigenvalue weighted by Crippen LogP contribution is -2.28. The number of benzene rings is 1. The van der Waals surface area contributed by atoms with Crippen LogP contribution in [0.2, 0.25) is 19.6 Å². The van der Waals surface area contributed by atoms with Crippen molar-refractivity contribution in [2.24, 2.45) is 0 Å². The third kappa shape index (κ3) is 2.08. The molecule has 0 atom stereocenters. The minimum Gasteiger partial charge on any atom is -0.386 e. The molecule has 1 aromatic rings. The molecule has 0 amide bonds. The highest BCUT2D eigenvalue weighted by atomic mass is 28.3. The van der Waals surface area contributed by atoms with Gasteiger partial charge in [0, 0.05) is 5.20 Å². The first-order valence-corrected chi connectivity index (χ1v) is 8.98. The second-order valence-electron chi connectivity index (χ2n) is 5.04. The topological polar surface area (TPSA) is 43.4 Å². The Bertz CT molecular complexity index is 509. The summed E-state index contributed by atoms with van der Waals surface area (Å²) in [6.07, 6.45) is 0. The molecule has 2 rings (SSSR count). The summed E-state index contributed by atoms with van der Waals surface area (Å²) in [5.41, 5.74) is 1.22. The highest BCUT2D eigenvalue weighted by molar-refractivity contribution is 6.89. The van der Waals surface area contributed by atoms with Gasteiger partial charge in [0.25, 0.3) is 0 Å². The lowest BCUT2D eigenvalue weighted by atomic mass is 10.1. The fourth-order valence-corrected chi connectivity index (χ4v) is 3.60. The van der Waals surface area contributed by atoms with Crippen LogP contribution in [0.15, 0.2) is 35.5 Å². The van der Waals surface area contributed by atoms with E-state index in [2.05, 4.69) is 0 Å². The summed E-state index contributed by atoms with van der Waals surface area (Å²) in [7, 11) is -1.89. The maximum absolute atomic E-state index is 11.8. The van der Waals surface area contributed by atoms with Crippen molar-refractivity contribution < 1.29 is 14.3 Å². The number of esters is 2. The summed E-state index contributed by atoms with van der Waals surface area (Å²) >= 11 is 0. The van der Waals surface area contributed by atoms with Gasteiger partial charge in [-0.05, 0) is 5.56 Å². The van der Waals surface area contributed by atoms with Crippen molar-refractivity contribution in [1.29, 1.82) is 0 Å². The van der Waals surface area contributed by atoms with Gasteiger partial charge in [0.2, 0.25) is 0 Å².